The number of nitrogens with zero attached hydrogens (tertiary/aromatic N) is 2. The lowest BCUT2D eigenvalue weighted by Crippen LogP contribution is -2.25. The third kappa shape index (κ3) is 3.28. The summed E-state index contributed by atoms with van der Waals surface area (Å²) in [5.41, 5.74) is 3.05. The third-order valence-electron chi connectivity index (χ3n) is 4.58. The fourth-order valence-corrected chi connectivity index (χ4v) is 3.22. The Morgan fingerprint density at radius 3 is 2.81 bits per heavy atom. The van der Waals surface area contributed by atoms with Gasteiger partial charge in [0.2, 0.25) is 5.91 Å². The highest BCUT2D eigenvalue weighted by atomic mass is 16.2. The highest BCUT2D eigenvalue weighted by Crippen LogP contribution is 2.22. The van der Waals surface area contributed by atoms with Gasteiger partial charge in [-0.2, -0.15) is 0 Å². The summed E-state index contributed by atoms with van der Waals surface area (Å²) in [6, 6.07) is 19.1. The van der Waals surface area contributed by atoms with E-state index in [1.807, 2.05) is 54.6 Å². The number of benzene rings is 2. The number of pyridine rings is 1. The van der Waals surface area contributed by atoms with Gasteiger partial charge in [-0.3, -0.25) is 9.59 Å². The first kappa shape index (κ1) is 16.3. The predicted molar refractivity (Wildman–Crippen MR) is 101 cm³/mol. The number of rotatable bonds is 4. The van der Waals surface area contributed by atoms with Crippen LogP contribution in [0.3, 0.4) is 0 Å². The Hall–Kier alpha value is -3.21. The van der Waals surface area contributed by atoms with Crippen molar-refractivity contribution in [1.29, 1.82) is 0 Å². The number of carbonyl (C=O) groups is 2. The van der Waals surface area contributed by atoms with Crippen molar-refractivity contribution in [2.45, 2.75) is 19.4 Å². The van der Waals surface area contributed by atoms with Gasteiger partial charge in [-0.05, 0) is 36.2 Å². The van der Waals surface area contributed by atoms with E-state index in [0.717, 1.165) is 35.1 Å². The van der Waals surface area contributed by atoms with Crippen molar-refractivity contribution in [3.63, 3.8) is 0 Å². The van der Waals surface area contributed by atoms with Crippen molar-refractivity contribution in [3.05, 3.63) is 71.9 Å². The monoisotopic (exact) mass is 345 g/mol. The largest absolute Gasteiger partial charge is 0.347 e. The molecular weight excluding hydrogens is 326 g/mol. The van der Waals surface area contributed by atoms with Crippen LogP contribution in [0.5, 0.6) is 0 Å². The van der Waals surface area contributed by atoms with Crippen LogP contribution in [0.2, 0.25) is 0 Å². The molecule has 2 heterocycles. The molecule has 1 saturated heterocycles. The van der Waals surface area contributed by atoms with E-state index in [-0.39, 0.29) is 11.8 Å². The first-order chi connectivity index (χ1) is 12.7. The zero-order chi connectivity index (χ0) is 17.9. The molecule has 1 fully saturated rings. The van der Waals surface area contributed by atoms with Crippen LogP contribution in [0, 0.1) is 0 Å². The summed E-state index contributed by atoms with van der Waals surface area (Å²) < 4.78 is 0. The van der Waals surface area contributed by atoms with Gasteiger partial charge in [0.1, 0.15) is 5.69 Å². The van der Waals surface area contributed by atoms with Crippen molar-refractivity contribution >= 4 is 28.4 Å². The van der Waals surface area contributed by atoms with Gasteiger partial charge in [0.25, 0.3) is 5.91 Å². The highest BCUT2D eigenvalue weighted by molar-refractivity contribution is 5.96. The highest BCUT2D eigenvalue weighted by Gasteiger charge is 2.21. The molecule has 0 spiro atoms. The standard InChI is InChI=1S/C21H19N3O2/c25-20-9-4-12-24(20)17-7-3-5-15(13-17)14-22-21(26)19-11-10-16-6-1-2-8-18(16)23-19/h1-3,5-8,10-11,13H,4,9,12,14H2,(H,22,26). The van der Waals surface area contributed by atoms with Crippen LogP contribution in [0.1, 0.15) is 28.9 Å². The molecule has 3 aromatic rings. The smallest absolute Gasteiger partial charge is 0.270 e. The number of amides is 2. The molecule has 4 rings (SSSR count). The molecule has 1 aliphatic rings. The van der Waals surface area contributed by atoms with Crippen LogP contribution in [0.4, 0.5) is 5.69 Å². The summed E-state index contributed by atoms with van der Waals surface area (Å²) in [5.74, 6) is -0.0510. The van der Waals surface area contributed by atoms with Crippen molar-refractivity contribution in [1.82, 2.24) is 10.3 Å². The lowest BCUT2D eigenvalue weighted by Gasteiger charge is -2.16. The number of hydrogen-bond donors (Lipinski definition) is 1. The van der Waals surface area contributed by atoms with E-state index in [9.17, 15) is 9.59 Å². The van der Waals surface area contributed by atoms with Crippen LogP contribution in [0.25, 0.3) is 10.9 Å². The summed E-state index contributed by atoms with van der Waals surface area (Å²) in [4.78, 5) is 30.5. The Bertz CT molecular complexity index is 984. The lowest BCUT2D eigenvalue weighted by atomic mass is 10.1. The predicted octanol–water partition coefficient (Wildman–Crippen LogP) is 3.29. The fourth-order valence-electron chi connectivity index (χ4n) is 3.22. The minimum atomic E-state index is -0.210. The zero-order valence-electron chi connectivity index (χ0n) is 14.3. The van der Waals surface area contributed by atoms with E-state index < -0.39 is 0 Å². The number of hydrogen-bond acceptors (Lipinski definition) is 3. The van der Waals surface area contributed by atoms with Gasteiger partial charge < -0.3 is 10.2 Å². The second kappa shape index (κ2) is 6.96. The Kier molecular flexibility index (Phi) is 4.35. The van der Waals surface area contributed by atoms with E-state index >= 15 is 0 Å². The van der Waals surface area contributed by atoms with Crippen LogP contribution >= 0.6 is 0 Å². The molecule has 0 atom stereocenters. The van der Waals surface area contributed by atoms with E-state index in [2.05, 4.69) is 10.3 Å². The van der Waals surface area contributed by atoms with Gasteiger partial charge in [-0.1, -0.05) is 36.4 Å². The minimum Gasteiger partial charge on any atom is -0.347 e. The number of carbonyl (C=O) groups excluding carboxylic acids is 2. The first-order valence-electron chi connectivity index (χ1n) is 8.74. The van der Waals surface area contributed by atoms with Crippen LogP contribution in [0.15, 0.2) is 60.7 Å². The van der Waals surface area contributed by atoms with Gasteiger partial charge >= 0.3 is 0 Å². The lowest BCUT2D eigenvalue weighted by molar-refractivity contribution is -0.117. The SMILES string of the molecule is O=C(NCc1cccc(N2CCCC2=O)c1)c1ccc2ccccc2n1. The number of anilines is 1. The molecule has 1 N–H and O–H groups in total. The maximum Gasteiger partial charge on any atom is 0.270 e. The first-order valence-corrected chi connectivity index (χ1v) is 8.74. The van der Waals surface area contributed by atoms with Gasteiger partial charge in [-0.25, -0.2) is 4.98 Å². The molecule has 0 bridgehead atoms. The van der Waals surface area contributed by atoms with Crippen LogP contribution in [-0.2, 0) is 11.3 Å². The molecule has 5 heteroatoms. The van der Waals surface area contributed by atoms with Crippen molar-refractivity contribution < 1.29 is 9.59 Å². The molecule has 5 nitrogen and oxygen atoms in total. The van der Waals surface area contributed by atoms with E-state index in [0.29, 0.717) is 18.7 Å². The van der Waals surface area contributed by atoms with E-state index in [4.69, 9.17) is 0 Å². The Labute approximate surface area is 151 Å². The van der Waals surface area contributed by atoms with Crippen molar-refractivity contribution in [3.8, 4) is 0 Å². The molecule has 1 aliphatic heterocycles. The maximum atomic E-state index is 12.4. The number of fused-ring (bicyclic) bond motifs is 1. The van der Waals surface area contributed by atoms with E-state index in [1.165, 1.54) is 0 Å². The molecule has 2 aromatic carbocycles. The molecule has 1 aromatic heterocycles. The normalized spacial score (nSPS) is 14.0. The summed E-state index contributed by atoms with van der Waals surface area (Å²) in [6.07, 6.45) is 1.50. The quantitative estimate of drug-likeness (QED) is 0.789. The molecule has 130 valence electrons. The number of aromatic nitrogens is 1. The second-order valence-electron chi connectivity index (χ2n) is 6.39. The minimum absolute atomic E-state index is 0.159. The molecule has 0 unspecified atom stereocenters. The van der Waals surface area contributed by atoms with Crippen LogP contribution in [-0.4, -0.2) is 23.3 Å². The molecule has 26 heavy (non-hydrogen) atoms. The van der Waals surface area contributed by atoms with Crippen molar-refractivity contribution in [2.75, 3.05) is 11.4 Å². The fraction of sp³-hybridized carbons (Fsp3) is 0.190. The topological polar surface area (TPSA) is 62.3 Å². The summed E-state index contributed by atoms with van der Waals surface area (Å²) in [6.45, 7) is 1.15. The van der Waals surface area contributed by atoms with Gasteiger partial charge in [-0.15, -0.1) is 0 Å². The summed E-state index contributed by atoms with van der Waals surface area (Å²) >= 11 is 0. The zero-order valence-corrected chi connectivity index (χ0v) is 14.3. The number of para-hydroxylation sites is 1. The van der Waals surface area contributed by atoms with Crippen LogP contribution < -0.4 is 10.2 Å². The molecule has 0 saturated carbocycles. The van der Waals surface area contributed by atoms with Gasteiger partial charge in [0.05, 0.1) is 5.52 Å². The Morgan fingerprint density at radius 1 is 1.08 bits per heavy atom. The Balaban J connectivity index is 1.46. The maximum absolute atomic E-state index is 12.4. The Morgan fingerprint density at radius 2 is 1.96 bits per heavy atom. The molecular formula is C21H19N3O2. The number of nitrogens with one attached hydrogen (secondary N) is 1. The van der Waals surface area contributed by atoms with E-state index in [1.54, 1.807) is 11.0 Å². The second-order valence-corrected chi connectivity index (χ2v) is 6.39. The molecule has 0 aliphatic carbocycles. The average Bonchev–Trinajstić information content (AvgIpc) is 3.12. The molecule has 2 amide bonds. The van der Waals surface area contributed by atoms with Gasteiger partial charge in [0, 0.05) is 30.6 Å². The van der Waals surface area contributed by atoms with Gasteiger partial charge in [0.15, 0.2) is 0 Å². The summed E-state index contributed by atoms with van der Waals surface area (Å²) in [5, 5.41) is 3.91. The third-order valence-corrected chi connectivity index (χ3v) is 4.58. The van der Waals surface area contributed by atoms with Crippen molar-refractivity contribution in [2.24, 2.45) is 0 Å². The average molecular weight is 345 g/mol. The molecule has 0 radical (unpaired) electrons. The summed E-state index contributed by atoms with van der Waals surface area (Å²) in [7, 11) is 0.